The summed E-state index contributed by atoms with van der Waals surface area (Å²) in [7, 11) is -0.403. The third kappa shape index (κ3) is 5.59. The first kappa shape index (κ1) is 30.3. The van der Waals surface area contributed by atoms with E-state index < -0.39 is 22.2 Å². The summed E-state index contributed by atoms with van der Waals surface area (Å²) < 4.78 is 36.6. The number of carbonyl (C=O) groups is 1. The van der Waals surface area contributed by atoms with Gasteiger partial charge in [-0.2, -0.15) is 4.31 Å². The van der Waals surface area contributed by atoms with Gasteiger partial charge >= 0.3 is 0 Å². The zero-order valence-corrected chi connectivity index (χ0v) is 25.8. The lowest BCUT2D eigenvalue weighted by atomic mass is 9.96. The molecule has 222 valence electrons. The van der Waals surface area contributed by atoms with E-state index in [0.29, 0.717) is 10.7 Å². The summed E-state index contributed by atoms with van der Waals surface area (Å²) in [6.07, 6.45) is -0.552. The first-order chi connectivity index (χ1) is 20.0. The number of hydrogen-bond donors (Lipinski definition) is 1. The molecule has 42 heavy (non-hydrogen) atoms. The molecule has 3 aromatic carbocycles. The summed E-state index contributed by atoms with van der Waals surface area (Å²) >= 11 is 5.98. The van der Waals surface area contributed by atoms with Gasteiger partial charge in [0, 0.05) is 54.6 Å². The van der Waals surface area contributed by atoms with Crippen LogP contribution in [0.5, 0.6) is 0 Å². The average Bonchev–Trinajstić information content (AvgIpc) is 3.28. The molecular weight excluding hydrogens is 574 g/mol. The van der Waals surface area contributed by atoms with Crippen LogP contribution in [-0.2, 0) is 28.4 Å². The monoisotopic (exact) mass is 609 g/mol. The molecule has 3 atom stereocenters. The Bertz CT molecular complexity index is 1700. The molecule has 0 fully saturated rings. The number of fused-ring (bicyclic) bond motifs is 5. The fraction of sp³-hybridized carbons (Fsp3) is 0.344. The number of ether oxygens (including phenoxy) is 1. The second kappa shape index (κ2) is 12.2. The number of benzene rings is 3. The lowest BCUT2D eigenvalue weighted by Gasteiger charge is -2.35. The van der Waals surface area contributed by atoms with E-state index in [4.69, 9.17) is 16.3 Å². The van der Waals surface area contributed by atoms with Crippen molar-refractivity contribution in [3.05, 3.63) is 89.1 Å². The van der Waals surface area contributed by atoms with Gasteiger partial charge < -0.3 is 19.3 Å². The van der Waals surface area contributed by atoms with Crippen LogP contribution in [0.2, 0.25) is 5.02 Å². The molecule has 1 aliphatic rings. The van der Waals surface area contributed by atoms with Gasteiger partial charge in [-0.25, -0.2) is 8.42 Å². The largest absolute Gasteiger partial charge is 0.394 e. The predicted molar refractivity (Wildman–Crippen MR) is 165 cm³/mol. The van der Waals surface area contributed by atoms with E-state index in [2.05, 4.69) is 0 Å². The maximum atomic E-state index is 14.4. The van der Waals surface area contributed by atoms with Crippen molar-refractivity contribution in [2.24, 2.45) is 13.0 Å². The van der Waals surface area contributed by atoms with Gasteiger partial charge in [0.05, 0.1) is 30.3 Å². The van der Waals surface area contributed by atoms with Crippen molar-refractivity contribution in [2.75, 3.05) is 26.7 Å². The molecule has 2 heterocycles. The molecule has 5 rings (SSSR count). The predicted octanol–water partition coefficient (Wildman–Crippen LogP) is 5.18. The number of likely N-dealkylation sites (N-methyl/N-ethyl adjacent to an activating group) is 1. The highest BCUT2D eigenvalue weighted by molar-refractivity contribution is 7.89. The number of rotatable bonds is 6. The number of amides is 1. The third-order valence-corrected chi connectivity index (χ3v) is 10.3. The van der Waals surface area contributed by atoms with Gasteiger partial charge in [-0.1, -0.05) is 61.0 Å². The Morgan fingerprint density at radius 3 is 2.45 bits per heavy atom. The summed E-state index contributed by atoms with van der Waals surface area (Å²) in [5.41, 5.74) is 4.06. The molecule has 1 aromatic heterocycles. The number of para-hydroxylation sites is 1. The Morgan fingerprint density at radius 2 is 1.74 bits per heavy atom. The zero-order valence-electron chi connectivity index (χ0n) is 24.2. The average molecular weight is 610 g/mol. The zero-order chi connectivity index (χ0) is 30.2. The van der Waals surface area contributed by atoms with Crippen LogP contribution < -0.4 is 0 Å². The molecule has 1 aliphatic heterocycles. The molecular formula is C32H36ClN3O5S. The van der Waals surface area contributed by atoms with Crippen LogP contribution in [0.1, 0.15) is 29.9 Å². The maximum absolute atomic E-state index is 14.4. The highest BCUT2D eigenvalue weighted by atomic mass is 35.5. The van der Waals surface area contributed by atoms with Crippen molar-refractivity contribution in [3.8, 4) is 11.1 Å². The van der Waals surface area contributed by atoms with E-state index in [1.807, 2.05) is 74.0 Å². The molecule has 0 saturated carbocycles. The number of aliphatic hydroxyl groups excluding tert-OH is 1. The standard InChI is InChI=1S/C32H36ClN3O5S/c1-21-17-36(22(2)19-37)32(38)31-30(27-11-7-8-12-28(27)35(31)4)26-10-6-5-9-23(26)20-41-29(21)18-34(3)42(39,40)25-15-13-24(33)14-16-25/h5-16,21-22,29,37H,17-20H2,1-4H3/t21-,22-,29-/m0/s1. The fourth-order valence-electron chi connectivity index (χ4n) is 5.66. The molecule has 10 heteroatoms. The Labute approximate surface area is 252 Å². The third-order valence-electron chi connectivity index (χ3n) is 8.18. The van der Waals surface area contributed by atoms with Gasteiger partial charge in [-0.15, -0.1) is 0 Å². The first-order valence-corrected chi connectivity index (χ1v) is 15.8. The topological polar surface area (TPSA) is 92.1 Å². The minimum atomic E-state index is -3.82. The lowest BCUT2D eigenvalue weighted by molar-refractivity contribution is -0.0147. The molecule has 0 saturated heterocycles. The smallest absolute Gasteiger partial charge is 0.271 e. The van der Waals surface area contributed by atoms with Gasteiger partial charge in [0.1, 0.15) is 5.69 Å². The van der Waals surface area contributed by atoms with E-state index in [-0.39, 0.29) is 43.0 Å². The van der Waals surface area contributed by atoms with Crippen molar-refractivity contribution < 1.29 is 23.1 Å². The van der Waals surface area contributed by atoms with E-state index in [0.717, 1.165) is 27.6 Å². The van der Waals surface area contributed by atoms with Crippen LogP contribution in [-0.4, -0.2) is 72.1 Å². The molecule has 1 N–H and O–H groups in total. The van der Waals surface area contributed by atoms with Crippen molar-refractivity contribution in [1.29, 1.82) is 0 Å². The molecule has 0 bridgehead atoms. The number of nitrogens with zero attached hydrogens (tertiary/aromatic N) is 3. The van der Waals surface area contributed by atoms with Crippen molar-refractivity contribution in [2.45, 2.75) is 37.5 Å². The molecule has 0 aliphatic carbocycles. The lowest BCUT2D eigenvalue weighted by Crippen LogP contribution is -2.48. The van der Waals surface area contributed by atoms with E-state index in [9.17, 15) is 18.3 Å². The number of carbonyl (C=O) groups excluding carboxylic acids is 1. The number of aromatic nitrogens is 1. The van der Waals surface area contributed by atoms with Crippen molar-refractivity contribution in [1.82, 2.24) is 13.8 Å². The summed E-state index contributed by atoms with van der Waals surface area (Å²) in [6, 6.07) is 21.4. The van der Waals surface area contributed by atoms with Gasteiger partial charge in [-0.3, -0.25) is 4.79 Å². The van der Waals surface area contributed by atoms with Crippen LogP contribution in [0.25, 0.3) is 22.0 Å². The van der Waals surface area contributed by atoms with Crippen molar-refractivity contribution in [3.63, 3.8) is 0 Å². The quantitative estimate of drug-likeness (QED) is 0.325. The highest BCUT2D eigenvalue weighted by Crippen LogP contribution is 2.38. The van der Waals surface area contributed by atoms with Gasteiger partial charge in [0.15, 0.2) is 0 Å². The Kier molecular flexibility index (Phi) is 8.78. The van der Waals surface area contributed by atoms with Gasteiger partial charge in [-0.05, 0) is 48.4 Å². The summed E-state index contributed by atoms with van der Waals surface area (Å²) in [4.78, 5) is 16.3. The Balaban J connectivity index is 1.60. The van der Waals surface area contributed by atoms with Crippen LogP contribution in [0.4, 0.5) is 0 Å². The van der Waals surface area contributed by atoms with Crippen LogP contribution in [0.3, 0.4) is 0 Å². The fourth-order valence-corrected chi connectivity index (χ4v) is 6.97. The van der Waals surface area contributed by atoms with E-state index in [1.165, 1.54) is 23.5 Å². The second-order valence-electron chi connectivity index (χ2n) is 11.0. The minimum absolute atomic E-state index is 0.0692. The number of halogens is 1. The summed E-state index contributed by atoms with van der Waals surface area (Å²) in [6.45, 7) is 4.10. The summed E-state index contributed by atoms with van der Waals surface area (Å²) in [5.74, 6) is -0.469. The van der Waals surface area contributed by atoms with E-state index >= 15 is 0 Å². The van der Waals surface area contributed by atoms with Crippen LogP contribution >= 0.6 is 11.6 Å². The SMILES string of the molecule is C[C@H]1CN([C@@H](C)CO)C(=O)c2c(c3ccccc3n2C)-c2ccccc2CO[C@H]1CN(C)S(=O)(=O)c1ccc(Cl)cc1. The van der Waals surface area contributed by atoms with Crippen LogP contribution in [0, 0.1) is 5.92 Å². The van der Waals surface area contributed by atoms with E-state index in [1.54, 1.807) is 17.0 Å². The van der Waals surface area contributed by atoms with Gasteiger partial charge in [0.25, 0.3) is 5.91 Å². The Hall–Kier alpha value is -3.21. The second-order valence-corrected chi connectivity index (χ2v) is 13.5. The summed E-state index contributed by atoms with van der Waals surface area (Å²) in [5, 5.41) is 11.6. The molecule has 0 radical (unpaired) electrons. The molecule has 4 aromatic rings. The van der Waals surface area contributed by atoms with Gasteiger partial charge in [0.2, 0.25) is 10.0 Å². The van der Waals surface area contributed by atoms with Crippen molar-refractivity contribution >= 4 is 38.4 Å². The highest BCUT2D eigenvalue weighted by Gasteiger charge is 2.34. The molecule has 0 unspecified atom stereocenters. The minimum Gasteiger partial charge on any atom is -0.394 e. The Morgan fingerprint density at radius 1 is 1.07 bits per heavy atom. The first-order valence-electron chi connectivity index (χ1n) is 14.0. The number of hydrogen-bond acceptors (Lipinski definition) is 5. The number of aliphatic hydroxyl groups is 1. The maximum Gasteiger partial charge on any atom is 0.271 e. The molecule has 0 spiro atoms. The molecule has 8 nitrogen and oxygen atoms in total. The number of aryl methyl sites for hydroxylation is 1. The normalized spacial score (nSPS) is 18.9. The molecule has 1 amide bonds. The van der Waals surface area contributed by atoms with Crippen LogP contribution in [0.15, 0.2) is 77.7 Å². The number of sulfonamides is 1.